The molecule has 2 N–H and O–H groups in total. The molecule has 3 rings (SSSR count). The minimum Gasteiger partial charge on any atom is -0.306 e. The fraction of sp³-hybridized carbons (Fsp3) is 0.188. The van der Waals surface area contributed by atoms with Gasteiger partial charge in [-0.1, -0.05) is 29.8 Å². The molecule has 0 aliphatic heterocycles. The SMILES string of the molecule is CC(NCc1cn[nH]c1-c1cccs1)c1cccc(Cl)c1. The van der Waals surface area contributed by atoms with Gasteiger partial charge in [-0.25, -0.2) is 0 Å². The number of nitrogens with zero attached hydrogens (tertiary/aromatic N) is 1. The molecular weight excluding hydrogens is 302 g/mol. The lowest BCUT2D eigenvalue weighted by Crippen LogP contribution is -2.18. The maximum Gasteiger partial charge on any atom is 0.0794 e. The molecule has 0 radical (unpaired) electrons. The summed E-state index contributed by atoms with van der Waals surface area (Å²) in [6.45, 7) is 2.90. The van der Waals surface area contributed by atoms with Gasteiger partial charge < -0.3 is 5.32 Å². The summed E-state index contributed by atoms with van der Waals surface area (Å²) in [7, 11) is 0. The Morgan fingerprint density at radius 1 is 1.33 bits per heavy atom. The van der Waals surface area contributed by atoms with Gasteiger partial charge in [0.05, 0.1) is 16.8 Å². The van der Waals surface area contributed by atoms with Crippen molar-refractivity contribution in [3.8, 4) is 10.6 Å². The molecule has 2 aromatic heterocycles. The van der Waals surface area contributed by atoms with Gasteiger partial charge in [0.15, 0.2) is 0 Å². The summed E-state index contributed by atoms with van der Waals surface area (Å²) < 4.78 is 0. The standard InChI is InChI=1S/C16H16ClN3S/c1-11(12-4-2-5-14(17)8-12)18-9-13-10-19-20-16(13)15-6-3-7-21-15/h2-8,10-11,18H,9H2,1H3,(H,19,20). The van der Waals surface area contributed by atoms with Gasteiger partial charge >= 0.3 is 0 Å². The first-order chi connectivity index (χ1) is 10.2. The van der Waals surface area contributed by atoms with Gasteiger partial charge in [-0.2, -0.15) is 5.10 Å². The number of nitrogens with one attached hydrogen (secondary N) is 2. The second kappa shape index (κ2) is 6.43. The minimum atomic E-state index is 0.231. The quantitative estimate of drug-likeness (QED) is 0.719. The summed E-state index contributed by atoms with van der Waals surface area (Å²) in [5, 5.41) is 13.6. The molecule has 0 fully saturated rings. The number of hydrogen-bond donors (Lipinski definition) is 2. The van der Waals surface area contributed by atoms with E-state index >= 15 is 0 Å². The summed E-state index contributed by atoms with van der Waals surface area (Å²) in [6.07, 6.45) is 1.88. The van der Waals surface area contributed by atoms with Crippen molar-refractivity contribution in [2.24, 2.45) is 0 Å². The van der Waals surface area contributed by atoms with Crippen LogP contribution in [0.3, 0.4) is 0 Å². The molecule has 0 saturated carbocycles. The van der Waals surface area contributed by atoms with E-state index in [9.17, 15) is 0 Å². The average Bonchev–Trinajstić information content (AvgIpc) is 3.15. The normalized spacial score (nSPS) is 12.5. The molecule has 0 aliphatic carbocycles. The van der Waals surface area contributed by atoms with E-state index in [0.29, 0.717) is 0 Å². The maximum absolute atomic E-state index is 6.04. The zero-order valence-corrected chi connectivity index (χ0v) is 13.2. The first kappa shape index (κ1) is 14.3. The average molecular weight is 318 g/mol. The second-order valence-electron chi connectivity index (χ2n) is 4.91. The van der Waals surface area contributed by atoms with Gasteiger partial charge in [0.2, 0.25) is 0 Å². The maximum atomic E-state index is 6.04. The van der Waals surface area contributed by atoms with E-state index in [0.717, 1.165) is 17.3 Å². The monoisotopic (exact) mass is 317 g/mol. The van der Waals surface area contributed by atoms with Gasteiger partial charge in [-0.3, -0.25) is 5.10 Å². The van der Waals surface area contributed by atoms with E-state index in [1.165, 1.54) is 16.0 Å². The Morgan fingerprint density at radius 2 is 2.24 bits per heavy atom. The third-order valence-corrected chi connectivity index (χ3v) is 4.56. The third kappa shape index (κ3) is 3.35. The molecule has 2 heterocycles. The molecular formula is C16H16ClN3S. The lowest BCUT2D eigenvalue weighted by Gasteiger charge is -2.14. The second-order valence-corrected chi connectivity index (χ2v) is 6.29. The fourth-order valence-corrected chi connectivity index (χ4v) is 3.19. The molecule has 0 aliphatic rings. The summed E-state index contributed by atoms with van der Waals surface area (Å²) in [5.41, 5.74) is 3.45. The molecule has 21 heavy (non-hydrogen) atoms. The van der Waals surface area contributed by atoms with Crippen LogP contribution in [0.4, 0.5) is 0 Å². The first-order valence-corrected chi connectivity index (χ1v) is 8.05. The van der Waals surface area contributed by atoms with Crippen molar-refractivity contribution >= 4 is 22.9 Å². The third-order valence-electron chi connectivity index (χ3n) is 3.43. The van der Waals surface area contributed by atoms with Crippen LogP contribution in [-0.4, -0.2) is 10.2 Å². The predicted molar refractivity (Wildman–Crippen MR) is 88.6 cm³/mol. The Morgan fingerprint density at radius 3 is 3.00 bits per heavy atom. The fourth-order valence-electron chi connectivity index (χ4n) is 2.24. The van der Waals surface area contributed by atoms with Crippen LogP contribution < -0.4 is 5.32 Å². The molecule has 1 atom stereocenters. The van der Waals surface area contributed by atoms with Crippen LogP contribution in [0.2, 0.25) is 5.02 Å². The van der Waals surface area contributed by atoms with Crippen LogP contribution in [0.25, 0.3) is 10.6 Å². The molecule has 0 saturated heterocycles. The van der Waals surface area contributed by atoms with Crippen molar-refractivity contribution in [1.29, 1.82) is 0 Å². The van der Waals surface area contributed by atoms with Crippen LogP contribution in [-0.2, 0) is 6.54 Å². The van der Waals surface area contributed by atoms with Crippen molar-refractivity contribution in [3.05, 3.63) is 64.1 Å². The van der Waals surface area contributed by atoms with Crippen LogP contribution >= 0.6 is 22.9 Å². The molecule has 0 amide bonds. The molecule has 1 unspecified atom stereocenters. The summed E-state index contributed by atoms with van der Waals surface area (Å²) in [4.78, 5) is 1.21. The number of aromatic nitrogens is 2. The Labute approximate surface area is 133 Å². The van der Waals surface area contributed by atoms with Gasteiger partial charge in [0.25, 0.3) is 0 Å². The van der Waals surface area contributed by atoms with Crippen molar-refractivity contribution < 1.29 is 0 Å². The van der Waals surface area contributed by atoms with E-state index in [2.05, 4.69) is 40.0 Å². The number of rotatable bonds is 5. The first-order valence-electron chi connectivity index (χ1n) is 6.79. The van der Waals surface area contributed by atoms with Crippen LogP contribution in [0.1, 0.15) is 24.1 Å². The van der Waals surface area contributed by atoms with Gasteiger partial charge in [0.1, 0.15) is 0 Å². The highest BCUT2D eigenvalue weighted by Gasteiger charge is 2.11. The highest BCUT2D eigenvalue weighted by atomic mass is 35.5. The Bertz CT molecular complexity index is 706. The van der Waals surface area contributed by atoms with E-state index in [4.69, 9.17) is 11.6 Å². The molecule has 0 spiro atoms. The number of benzene rings is 1. The summed E-state index contributed by atoms with van der Waals surface area (Å²) in [6, 6.07) is 12.3. The number of thiophene rings is 1. The van der Waals surface area contributed by atoms with Crippen LogP contribution in [0.5, 0.6) is 0 Å². The van der Waals surface area contributed by atoms with E-state index in [1.54, 1.807) is 11.3 Å². The largest absolute Gasteiger partial charge is 0.306 e. The van der Waals surface area contributed by atoms with E-state index < -0.39 is 0 Å². The summed E-state index contributed by atoms with van der Waals surface area (Å²) in [5.74, 6) is 0. The number of halogens is 1. The molecule has 3 aromatic rings. The molecule has 108 valence electrons. The number of hydrogen-bond acceptors (Lipinski definition) is 3. The Kier molecular flexibility index (Phi) is 4.39. The summed E-state index contributed by atoms with van der Waals surface area (Å²) >= 11 is 7.75. The molecule has 0 bridgehead atoms. The van der Waals surface area contributed by atoms with Crippen molar-refractivity contribution in [2.75, 3.05) is 0 Å². The zero-order valence-electron chi connectivity index (χ0n) is 11.6. The van der Waals surface area contributed by atoms with Gasteiger partial charge in [-0.05, 0) is 36.1 Å². The van der Waals surface area contributed by atoms with E-state index in [-0.39, 0.29) is 6.04 Å². The van der Waals surface area contributed by atoms with Crippen LogP contribution in [0.15, 0.2) is 48.0 Å². The lowest BCUT2D eigenvalue weighted by molar-refractivity contribution is 0.575. The van der Waals surface area contributed by atoms with Crippen LogP contribution in [0, 0.1) is 0 Å². The Hall–Kier alpha value is -1.62. The number of aromatic amines is 1. The predicted octanol–water partition coefficient (Wildman–Crippen LogP) is 4.64. The molecule has 5 heteroatoms. The Balaban J connectivity index is 1.70. The topological polar surface area (TPSA) is 40.7 Å². The van der Waals surface area contributed by atoms with Gasteiger partial charge in [0, 0.05) is 23.2 Å². The van der Waals surface area contributed by atoms with Gasteiger partial charge in [-0.15, -0.1) is 11.3 Å². The number of H-pyrrole nitrogens is 1. The van der Waals surface area contributed by atoms with Crippen molar-refractivity contribution in [2.45, 2.75) is 19.5 Å². The highest BCUT2D eigenvalue weighted by Crippen LogP contribution is 2.26. The molecule has 3 nitrogen and oxygen atoms in total. The minimum absolute atomic E-state index is 0.231. The zero-order chi connectivity index (χ0) is 14.7. The highest BCUT2D eigenvalue weighted by molar-refractivity contribution is 7.13. The smallest absolute Gasteiger partial charge is 0.0794 e. The lowest BCUT2D eigenvalue weighted by atomic mass is 10.1. The van der Waals surface area contributed by atoms with E-state index in [1.807, 2.05) is 30.5 Å². The van der Waals surface area contributed by atoms with Crippen molar-refractivity contribution in [1.82, 2.24) is 15.5 Å². The molecule has 1 aromatic carbocycles. The van der Waals surface area contributed by atoms with Crippen molar-refractivity contribution in [3.63, 3.8) is 0 Å².